The molecule has 1 atom stereocenters. The molecule has 1 aromatic rings. The van der Waals surface area contributed by atoms with E-state index in [1.54, 1.807) is 18.8 Å². The van der Waals surface area contributed by atoms with E-state index in [2.05, 4.69) is 36.6 Å². The number of aromatic nitrogens is 3. The molecule has 1 aromatic heterocycles. The fourth-order valence-corrected chi connectivity index (χ4v) is 6.14. The van der Waals surface area contributed by atoms with Gasteiger partial charge in [0, 0.05) is 32.1 Å². The summed E-state index contributed by atoms with van der Waals surface area (Å²) in [7, 11) is -1.18. The smallest absolute Gasteiger partial charge is 0.191 e. The summed E-state index contributed by atoms with van der Waals surface area (Å²) in [5, 5.41) is 16.3. The lowest BCUT2D eigenvalue weighted by Crippen LogP contribution is -2.44. The Balaban J connectivity index is 1.47. The van der Waals surface area contributed by atoms with E-state index in [1.807, 2.05) is 0 Å². The van der Waals surface area contributed by atoms with Gasteiger partial charge in [-0.05, 0) is 31.9 Å². The van der Waals surface area contributed by atoms with Gasteiger partial charge in [-0.25, -0.2) is 8.42 Å². The van der Waals surface area contributed by atoms with Crippen LogP contribution in [-0.4, -0.2) is 66.5 Å². The van der Waals surface area contributed by atoms with Crippen LogP contribution < -0.4 is 10.6 Å². The molecule has 0 bridgehead atoms. The molecular weight excluding hydrogens is 384 g/mol. The van der Waals surface area contributed by atoms with Crippen molar-refractivity contribution in [2.75, 3.05) is 31.4 Å². The van der Waals surface area contributed by atoms with Gasteiger partial charge in [0.1, 0.15) is 5.82 Å². The van der Waals surface area contributed by atoms with Crippen LogP contribution in [0.3, 0.4) is 0 Å². The molecule has 0 amide bonds. The van der Waals surface area contributed by atoms with Crippen LogP contribution >= 0.6 is 11.8 Å². The maximum Gasteiger partial charge on any atom is 0.191 e. The molecule has 1 aliphatic heterocycles. The lowest BCUT2D eigenvalue weighted by molar-refractivity contribution is 0.460. The monoisotopic (exact) mass is 414 g/mol. The number of rotatable bonds is 7. The second-order valence-corrected chi connectivity index (χ2v) is 10.3. The highest BCUT2D eigenvalue weighted by molar-refractivity contribution is 7.98. The molecule has 2 fully saturated rings. The molecule has 0 aromatic carbocycles. The molecule has 27 heavy (non-hydrogen) atoms. The predicted molar refractivity (Wildman–Crippen MR) is 109 cm³/mol. The molecule has 152 valence electrons. The Bertz CT molecular complexity index is 755. The van der Waals surface area contributed by atoms with Crippen molar-refractivity contribution >= 4 is 27.6 Å². The van der Waals surface area contributed by atoms with Crippen molar-refractivity contribution in [3.05, 3.63) is 5.82 Å². The van der Waals surface area contributed by atoms with E-state index < -0.39 is 9.84 Å². The molecule has 10 heteroatoms. The number of aliphatic imine (C=N–C) groups is 1. The molecule has 3 rings (SSSR count). The topological polar surface area (TPSA) is 101 Å². The van der Waals surface area contributed by atoms with Crippen molar-refractivity contribution in [1.82, 2.24) is 25.4 Å². The minimum absolute atomic E-state index is 0.0456. The highest BCUT2D eigenvalue weighted by Gasteiger charge is 2.28. The van der Waals surface area contributed by atoms with Crippen molar-refractivity contribution in [3.8, 4) is 0 Å². The van der Waals surface area contributed by atoms with Gasteiger partial charge in [0.15, 0.2) is 21.0 Å². The zero-order valence-electron chi connectivity index (χ0n) is 16.1. The number of nitrogens with one attached hydrogen (secondary N) is 2. The summed E-state index contributed by atoms with van der Waals surface area (Å²) < 4.78 is 25.5. The van der Waals surface area contributed by atoms with Gasteiger partial charge in [-0.1, -0.05) is 24.6 Å². The van der Waals surface area contributed by atoms with Gasteiger partial charge in [-0.15, -0.1) is 10.2 Å². The second kappa shape index (κ2) is 9.27. The molecule has 1 saturated carbocycles. The quantitative estimate of drug-likeness (QED) is 0.301. The summed E-state index contributed by atoms with van der Waals surface area (Å²) in [5.41, 5.74) is 0. The summed E-state index contributed by atoms with van der Waals surface area (Å²) in [5.74, 6) is 2.18. The second-order valence-electron chi connectivity index (χ2n) is 7.26. The molecule has 2 aliphatic rings. The molecule has 8 nitrogen and oxygen atoms in total. The van der Waals surface area contributed by atoms with Gasteiger partial charge in [-0.2, -0.15) is 0 Å². The maximum absolute atomic E-state index is 11.6. The van der Waals surface area contributed by atoms with Gasteiger partial charge in [0.25, 0.3) is 0 Å². The van der Waals surface area contributed by atoms with Crippen LogP contribution in [0, 0.1) is 0 Å². The Hall–Kier alpha value is -1.29. The van der Waals surface area contributed by atoms with E-state index in [-0.39, 0.29) is 17.5 Å². The number of guanidine groups is 1. The van der Waals surface area contributed by atoms with Crippen LogP contribution in [0.4, 0.5) is 0 Å². The first-order chi connectivity index (χ1) is 13.0. The Labute approximate surface area is 165 Å². The molecule has 0 radical (unpaired) electrons. The van der Waals surface area contributed by atoms with Crippen molar-refractivity contribution in [1.29, 1.82) is 0 Å². The van der Waals surface area contributed by atoms with E-state index in [0.717, 1.165) is 30.4 Å². The summed E-state index contributed by atoms with van der Waals surface area (Å²) >= 11 is 1.66. The lowest BCUT2D eigenvalue weighted by Gasteiger charge is -2.17. The lowest BCUT2D eigenvalue weighted by atomic mass is 10.2. The van der Waals surface area contributed by atoms with Gasteiger partial charge >= 0.3 is 0 Å². The molecule has 1 unspecified atom stereocenters. The van der Waals surface area contributed by atoms with Crippen LogP contribution in [0.5, 0.6) is 0 Å². The molecular formula is C17H30N6O2S2. The Kier molecular flexibility index (Phi) is 7.02. The Morgan fingerprint density at radius 1 is 1.30 bits per heavy atom. The number of hydrogen-bond donors (Lipinski definition) is 2. The third-order valence-corrected chi connectivity index (χ3v) is 7.69. The minimum atomic E-state index is -2.89. The summed E-state index contributed by atoms with van der Waals surface area (Å²) in [6, 6.07) is 0.500. The SMILES string of the molecule is CN=C(NCCCc1nnc(SC)n1C1CCCC1)NC1CCS(=O)(=O)C1. The zero-order chi connectivity index (χ0) is 19.3. The first kappa shape index (κ1) is 20.4. The molecule has 0 spiro atoms. The number of sulfone groups is 1. The van der Waals surface area contributed by atoms with Gasteiger partial charge in [-0.3, -0.25) is 4.99 Å². The molecule has 2 heterocycles. The van der Waals surface area contributed by atoms with E-state index in [1.165, 1.54) is 25.7 Å². The Morgan fingerprint density at radius 3 is 2.70 bits per heavy atom. The highest BCUT2D eigenvalue weighted by atomic mass is 32.2. The van der Waals surface area contributed by atoms with Gasteiger partial charge in [0.2, 0.25) is 0 Å². The number of thioether (sulfide) groups is 1. The highest BCUT2D eigenvalue weighted by Crippen LogP contribution is 2.33. The molecule has 1 saturated heterocycles. The standard InChI is InChI=1S/C17H30N6O2S2/c1-18-16(20-13-9-11-27(24,25)12-13)19-10-5-8-15-21-22-17(26-2)23(15)14-6-3-4-7-14/h13-14H,3-12H2,1-2H3,(H2,18,19,20). The van der Waals surface area contributed by atoms with Crippen LogP contribution in [0.25, 0.3) is 0 Å². The average Bonchev–Trinajstić information content (AvgIpc) is 3.36. The predicted octanol–water partition coefficient (Wildman–Crippen LogP) is 1.40. The summed E-state index contributed by atoms with van der Waals surface area (Å²) in [4.78, 5) is 4.20. The van der Waals surface area contributed by atoms with Crippen LogP contribution in [0.2, 0.25) is 0 Å². The minimum Gasteiger partial charge on any atom is -0.356 e. The fraction of sp³-hybridized carbons (Fsp3) is 0.824. The third-order valence-electron chi connectivity index (χ3n) is 5.27. The summed E-state index contributed by atoms with van der Waals surface area (Å²) in [6.07, 6.45) is 9.50. The van der Waals surface area contributed by atoms with Gasteiger partial charge < -0.3 is 15.2 Å². The Morgan fingerprint density at radius 2 is 2.07 bits per heavy atom. The van der Waals surface area contributed by atoms with E-state index in [4.69, 9.17) is 0 Å². The van der Waals surface area contributed by atoms with Crippen molar-refractivity contribution in [2.45, 2.75) is 62.2 Å². The van der Waals surface area contributed by atoms with Crippen LogP contribution in [-0.2, 0) is 16.3 Å². The maximum atomic E-state index is 11.6. The van der Waals surface area contributed by atoms with Crippen LogP contribution in [0.15, 0.2) is 10.1 Å². The number of hydrogen-bond acceptors (Lipinski definition) is 6. The van der Waals surface area contributed by atoms with E-state index in [0.29, 0.717) is 18.4 Å². The van der Waals surface area contributed by atoms with Crippen molar-refractivity contribution in [2.24, 2.45) is 4.99 Å². The van der Waals surface area contributed by atoms with E-state index >= 15 is 0 Å². The fourth-order valence-electron chi connectivity index (χ4n) is 3.90. The molecule has 1 aliphatic carbocycles. The van der Waals surface area contributed by atoms with Crippen LogP contribution in [0.1, 0.15) is 50.4 Å². The van der Waals surface area contributed by atoms with Crippen molar-refractivity contribution < 1.29 is 8.42 Å². The van der Waals surface area contributed by atoms with Crippen molar-refractivity contribution in [3.63, 3.8) is 0 Å². The normalized spacial score (nSPS) is 23.0. The van der Waals surface area contributed by atoms with Gasteiger partial charge in [0.05, 0.1) is 11.5 Å². The first-order valence-corrected chi connectivity index (χ1v) is 12.7. The molecule has 2 N–H and O–H groups in total. The first-order valence-electron chi connectivity index (χ1n) is 9.68. The largest absolute Gasteiger partial charge is 0.356 e. The average molecular weight is 415 g/mol. The third kappa shape index (κ3) is 5.37. The number of aryl methyl sites for hydroxylation is 1. The summed E-state index contributed by atoms with van der Waals surface area (Å²) in [6.45, 7) is 0.755. The zero-order valence-corrected chi connectivity index (χ0v) is 17.8. The van der Waals surface area contributed by atoms with E-state index in [9.17, 15) is 8.42 Å². The number of nitrogens with zero attached hydrogens (tertiary/aromatic N) is 4.